The summed E-state index contributed by atoms with van der Waals surface area (Å²) in [6, 6.07) is 3.54. The standard InChI is InChI=1S/C13H19N5OS/c1-17(2)6-7-18-5-3-12(16-18)15-13(19)14-9-11-4-8-20-10-11/h3-5,8,10H,6-7,9H2,1-2H3,(H2,14,15,16,19). The molecule has 2 heterocycles. The predicted molar refractivity (Wildman–Crippen MR) is 81.0 cm³/mol. The number of carbonyl (C=O) groups is 1. The van der Waals surface area contributed by atoms with Crippen LogP contribution in [-0.4, -0.2) is 41.4 Å². The lowest BCUT2D eigenvalue weighted by Crippen LogP contribution is -2.28. The lowest BCUT2D eigenvalue weighted by atomic mass is 10.3. The average Bonchev–Trinajstić information content (AvgIpc) is 3.05. The van der Waals surface area contributed by atoms with Crippen LogP contribution in [0.15, 0.2) is 29.1 Å². The minimum atomic E-state index is -0.242. The second kappa shape index (κ2) is 7.06. The average molecular weight is 293 g/mol. The zero-order valence-corrected chi connectivity index (χ0v) is 12.5. The van der Waals surface area contributed by atoms with Crippen LogP contribution >= 0.6 is 11.3 Å². The number of rotatable bonds is 6. The third-order valence-corrected chi connectivity index (χ3v) is 3.42. The first-order valence-corrected chi connectivity index (χ1v) is 7.32. The highest BCUT2D eigenvalue weighted by Crippen LogP contribution is 2.06. The van der Waals surface area contributed by atoms with Crippen molar-refractivity contribution in [1.82, 2.24) is 20.0 Å². The molecular weight excluding hydrogens is 274 g/mol. The number of urea groups is 1. The molecule has 20 heavy (non-hydrogen) atoms. The number of nitrogens with zero attached hydrogens (tertiary/aromatic N) is 3. The van der Waals surface area contributed by atoms with Crippen LogP contribution in [0, 0.1) is 0 Å². The summed E-state index contributed by atoms with van der Waals surface area (Å²) in [4.78, 5) is 13.8. The molecule has 0 saturated carbocycles. The summed E-state index contributed by atoms with van der Waals surface area (Å²) in [6.07, 6.45) is 1.86. The predicted octanol–water partition coefficient (Wildman–Crippen LogP) is 1.83. The molecule has 2 aromatic rings. The second-order valence-electron chi connectivity index (χ2n) is 4.71. The van der Waals surface area contributed by atoms with Crippen LogP contribution in [0.3, 0.4) is 0 Å². The molecule has 7 heteroatoms. The summed E-state index contributed by atoms with van der Waals surface area (Å²) >= 11 is 1.61. The van der Waals surface area contributed by atoms with Crippen LogP contribution in [0.5, 0.6) is 0 Å². The van der Waals surface area contributed by atoms with Crippen molar-refractivity contribution in [3.8, 4) is 0 Å². The van der Waals surface area contributed by atoms with E-state index in [1.165, 1.54) is 0 Å². The van der Waals surface area contributed by atoms with Crippen LogP contribution in [-0.2, 0) is 13.1 Å². The summed E-state index contributed by atoms with van der Waals surface area (Å²) in [6.45, 7) is 2.23. The van der Waals surface area contributed by atoms with Gasteiger partial charge in [-0.15, -0.1) is 0 Å². The molecule has 0 spiro atoms. The molecule has 0 fully saturated rings. The Labute approximate surface area is 122 Å². The van der Waals surface area contributed by atoms with Gasteiger partial charge in [-0.25, -0.2) is 4.79 Å². The molecule has 0 saturated heterocycles. The van der Waals surface area contributed by atoms with E-state index in [1.54, 1.807) is 17.4 Å². The van der Waals surface area contributed by atoms with E-state index in [-0.39, 0.29) is 6.03 Å². The van der Waals surface area contributed by atoms with Crippen molar-refractivity contribution in [2.45, 2.75) is 13.1 Å². The molecule has 108 valence electrons. The first-order chi connectivity index (χ1) is 9.63. The molecule has 0 atom stereocenters. The maximum atomic E-state index is 11.7. The molecule has 0 aliphatic heterocycles. The molecular formula is C13H19N5OS. The van der Waals surface area contributed by atoms with E-state index >= 15 is 0 Å². The normalized spacial score (nSPS) is 10.8. The van der Waals surface area contributed by atoms with E-state index in [1.807, 2.05) is 41.8 Å². The molecule has 6 nitrogen and oxygen atoms in total. The van der Waals surface area contributed by atoms with E-state index in [9.17, 15) is 4.79 Å². The van der Waals surface area contributed by atoms with Gasteiger partial charge in [0.15, 0.2) is 5.82 Å². The van der Waals surface area contributed by atoms with E-state index in [4.69, 9.17) is 0 Å². The molecule has 2 aromatic heterocycles. The summed E-state index contributed by atoms with van der Waals surface area (Å²) in [5, 5.41) is 13.8. The fourth-order valence-corrected chi connectivity index (χ4v) is 2.26. The molecule has 0 radical (unpaired) electrons. The quantitative estimate of drug-likeness (QED) is 0.854. The Morgan fingerprint density at radius 1 is 1.45 bits per heavy atom. The van der Waals surface area contributed by atoms with Crippen molar-refractivity contribution in [1.29, 1.82) is 0 Å². The van der Waals surface area contributed by atoms with E-state index in [0.29, 0.717) is 12.4 Å². The van der Waals surface area contributed by atoms with Gasteiger partial charge in [0.05, 0.1) is 6.54 Å². The monoisotopic (exact) mass is 293 g/mol. The van der Waals surface area contributed by atoms with Crippen molar-refractivity contribution in [3.63, 3.8) is 0 Å². The number of anilines is 1. The maximum absolute atomic E-state index is 11.7. The zero-order valence-electron chi connectivity index (χ0n) is 11.7. The van der Waals surface area contributed by atoms with Crippen LogP contribution in [0.4, 0.5) is 10.6 Å². The van der Waals surface area contributed by atoms with Gasteiger partial charge in [-0.3, -0.25) is 10.00 Å². The van der Waals surface area contributed by atoms with Crippen LogP contribution in [0.1, 0.15) is 5.56 Å². The minimum Gasteiger partial charge on any atom is -0.334 e. The van der Waals surface area contributed by atoms with Crippen molar-refractivity contribution in [2.75, 3.05) is 26.0 Å². The van der Waals surface area contributed by atoms with E-state index < -0.39 is 0 Å². The zero-order chi connectivity index (χ0) is 14.4. The minimum absolute atomic E-state index is 0.242. The third-order valence-electron chi connectivity index (χ3n) is 2.69. The number of aromatic nitrogens is 2. The Morgan fingerprint density at radius 3 is 3.00 bits per heavy atom. The summed E-state index contributed by atoms with van der Waals surface area (Å²) in [5.74, 6) is 0.562. The number of hydrogen-bond acceptors (Lipinski definition) is 4. The molecule has 0 aliphatic rings. The SMILES string of the molecule is CN(C)CCn1ccc(NC(=O)NCc2ccsc2)n1. The number of thiophene rings is 1. The highest BCUT2D eigenvalue weighted by Gasteiger charge is 2.05. The van der Waals surface area contributed by atoms with Crippen molar-refractivity contribution in [3.05, 3.63) is 34.7 Å². The lowest BCUT2D eigenvalue weighted by molar-refractivity contribution is 0.251. The van der Waals surface area contributed by atoms with E-state index in [2.05, 4.69) is 20.6 Å². The van der Waals surface area contributed by atoms with Gasteiger partial charge in [0.2, 0.25) is 0 Å². The van der Waals surface area contributed by atoms with Crippen molar-refractivity contribution in [2.24, 2.45) is 0 Å². The van der Waals surface area contributed by atoms with Gasteiger partial charge in [-0.2, -0.15) is 16.4 Å². The van der Waals surface area contributed by atoms with Gasteiger partial charge in [0, 0.05) is 25.4 Å². The Balaban J connectivity index is 1.76. The largest absolute Gasteiger partial charge is 0.334 e. The number of amides is 2. The summed E-state index contributed by atoms with van der Waals surface area (Å²) < 4.78 is 1.81. The third kappa shape index (κ3) is 4.67. The highest BCUT2D eigenvalue weighted by atomic mass is 32.1. The molecule has 0 unspecified atom stereocenters. The topological polar surface area (TPSA) is 62.2 Å². The first kappa shape index (κ1) is 14.5. The fraction of sp³-hybridized carbons (Fsp3) is 0.385. The molecule has 2 N–H and O–H groups in total. The number of nitrogens with one attached hydrogen (secondary N) is 2. The summed E-state index contributed by atoms with van der Waals surface area (Å²) in [5.41, 5.74) is 1.10. The molecule has 0 aliphatic carbocycles. The van der Waals surface area contributed by atoms with Crippen molar-refractivity contribution >= 4 is 23.2 Å². The van der Waals surface area contributed by atoms with Gasteiger partial charge in [0.25, 0.3) is 0 Å². The number of carbonyl (C=O) groups excluding carboxylic acids is 1. The maximum Gasteiger partial charge on any atom is 0.320 e. The molecule has 0 aromatic carbocycles. The lowest BCUT2D eigenvalue weighted by Gasteiger charge is -2.08. The summed E-state index contributed by atoms with van der Waals surface area (Å²) in [7, 11) is 4.03. The second-order valence-corrected chi connectivity index (χ2v) is 5.49. The van der Waals surface area contributed by atoms with Crippen molar-refractivity contribution < 1.29 is 4.79 Å². The van der Waals surface area contributed by atoms with Gasteiger partial charge < -0.3 is 10.2 Å². The smallest absolute Gasteiger partial charge is 0.320 e. The van der Waals surface area contributed by atoms with Crippen LogP contribution in [0.25, 0.3) is 0 Å². The van der Waals surface area contributed by atoms with Gasteiger partial charge >= 0.3 is 6.03 Å². The van der Waals surface area contributed by atoms with Crippen LogP contribution in [0.2, 0.25) is 0 Å². The number of hydrogen-bond donors (Lipinski definition) is 2. The fourth-order valence-electron chi connectivity index (χ4n) is 1.59. The van der Waals surface area contributed by atoms with Gasteiger partial charge in [-0.05, 0) is 36.5 Å². The Hall–Kier alpha value is -1.86. The number of likely N-dealkylation sites (N-methyl/N-ethyl adjacent to an activating group) is 1. The Bertz CT molecular complexity index is 535. The molecule has 2 amide bonds. The Kier molecular flexibility index (Phi) is 5.14. The molecule has 2 rings (SSSR count). The first-order valence-electron chi connectivity index (χ1n) is 6.37. The Morgan fingerprint density at radius 2 is 2.30 bits per heavy atom. The van der Waals surface area contributed by atoms with Crippen LogP contribution < -0.4 is 10.6 Å². The highest BCUT2D eigenvalue weighted by molar-refractivity contribution is 7.07. The van der Waals surface area contributed by atoms with E-state index in [0.717, 1.165) is 18.7 Å². The molecule has 0 bridgehead atoms. The van der Waals surface area contributed by atoms with Gasteiger partial charge in [0.1, 0.15) is 0 Å². The van der Waals surface area contributed by atoms with Gasteiger partial charge in [-0.1, -0.05) is 0 Å².